The molecular weight excluding hydrogens is 316 g/mol. The first-order valence-corrected chi connectivity index (χ1v) is 8.63. The summed E-state index contributed by atoms with van der Waals surface area (Å²) < 4.78 is 0. The molecule has 25 heavy (non-hydrogen) atoms. The molecule has 1 fully saturated rings. The van der Waals surface area contributed by atoms with Crippen molar-refractivity contribution in [2.75, 3.05) is 13.1 Å². The molecule has 0 unspecified atom stereocenters. The summed E-state index contributed by atoms with van der Waals surface area (Å²) in [5, 5.41) is 8.95. The molecule has 1 amide bonds. The van der Waals surface area contributed by atoms with Gasteiger partial charge in [0.05, 0.1) is 5.56 Å². The molecule has 5 heteroatoms. The van der Waals surface area contributed by atoms with E-state index in [2.05, 4.69) is 4.98 Å². The fraction of sp³-hybridized carbons (Fsp3) is 0.350. The van der Waals surface area contributed by atoms with E-state index in [0.29, 0.717) is 17.0 Å². The van der Waals surface area contributed by atoms with Gasteiger partial charge in [0.25, 0.3) is 5.91 Å². The number of hydrogen-bond acceptors (Lipinski definition) is 3. The number of aromatic nitrogens is 1. The predicted molar refractivity (Wildman–Crippen MR) is 94.7 cm³/mol. The fourth-order valence-electron chi connectivity index (χ4n) is 3.29. The van der Waals surface area contributed by atoms with Crippen LogP contribution in [0.4, 0.5) is 0 Å². The number of carboxylic acid groups (broad SMARTS) is 1. The molecule has 0 aliphatic carbocycles. The molecule has 2 heterocycles. The van der Waals surface area contributed by atoms with Crippen molar-refractivity contribution in [2.45, 2.75) is 26.2 Å². The lowest BCUT2D eigenvalue weighted by Crippen LogP contribution is -2.29. The van der Waals surface area contributed by atoms with Crippen molar-refractivity contribution in [3.05, 3.63) is 65.0 Å². The molecule has 3 rings (SSSR count). The third-order valence-corrected chi connectivity index (χ3v) is 4.72. The Labute approximate surface area is 147 Å². The van der Waals surface area contributed by atoms with Crippen LogP contribution in [-0.2, 0) is 12.8 Å². The Hall–Kier alpha value is -2.69. The maximum atomic E-state index is 12.7. The minimum Gasteiger partial charge on any atom is -0.478 e. The molecule has 1 aliphatic heterocycles. The van der Waals surface area contributed by atoms with E-state index in [9.17, 15) is 9.59 Å². The lowest BCUT2D eigenvalue weighted by Gasteiger charge is -2.17. The number of carboxylic acids is 1. The summed E-state index contributed by atoms with van der Waals surface area (Å²) in [5.41, 5.74) is 3.05. The third kappa shape index (κ3) is 4.05. The molecule has 1 aromatic heterocycles. The molecule has 0 radical (unpaired) electrons. The van der Waals surface area contributed by atoms with E-state index in [1.165, 1.54) is 0 Å². The van der Waals surface area contributed by atoms with Crippen LogP contribution in [0.1, 0.15) is 45.3 Å². The molecule has 5 nitrogen and oxygen atoms in total. The second-order valence-corrected chi connectivity index (χ2v) is 6.50. The first kappa shape index (κ1) is 17.1. The van der Waals surface area contributed by atoms with E-state index >= 15 is 0 Å². The highest BCUT2D eigenvalue weighted by Crippen LogP contribution is 2.23. The topological polar surface area (TPSA) is 70.5 Å². The summed E-state index contributed by atoms with van der Waals surface area (Å²) in [6.07, 6.45) is 4.35. The van der Waals surface area contributed by atoms with Crippen LogP contribution < -0.4 is 0 Å². The van der Waals surface area contributed by atoms with Crippen LogP contribution in [0.25, 0.3) is 0 Å². The van der Waals surface area contributed by atoms with Gasteiger partial charge in [-0.3, -0.25) is 9.78 Å². The number of carbonyl (C=O) groups excluding carboxylic acids is 1. The van der Waals surface area contributed by atoms with Gasteiger partial charge in [0, 0.05) is 30.5 Å². The van der Waals surface area contributed by atoms with E-state index in [0.717, 1.165) is 43.6 Å². The maximum absolute atomic E-state index is 12.7. The van der Waals surface area contributed by atoms with Crippen LogP contribution in [0.15, 0.2) is 42.6 Å². The van der Waals surface area contributed by atoms with Crippen LogP contribution in [0.2, 0.25) is 0 Å². The zero-order chi connectivity index (χ0) is 17.8. The highest BCUT2D eigenvalue weighted by molar-refractivity contribution is 5.94. The monoisotopic (exact) mass is 338 g/mol. The van der Waals surface area contributed by atoms with Crippen LogP contribution >= 0.6 is 0 Å². The highest BCUT2D eigenvalue weighted by Gasteiger charge is 2.27. The smallest absolute Gasteiger partial charge is 0.335 e. The number of aryl methyl sites for hydroxylation is 1. The molecular formula is C20H22N2O3. The van der Waals surface area contributed by atoms with E-state index in [1.807, 2.05) is 30.0 Å². The van der Waals surface area contributed by atoms with Gasteiger partial charge in [-0.2, -0.15) is 0 Å². The normalized spacial score (nSPS) is 16.8. The van der Waals surface area contributed by atoms with Crippen molar-refractivity contribution in [3.8, 4) is 0 Å². The van der Waals surface area contributed by atoms with Gasteiger partial charge in [0.1, 0.15) is 0 Å². The standard InChI is InChI=1S/C20H22N2O3/c1-2-18-12-17(7-9-21-18)19(23)22-10-8-15(13-22)11-14-3-5-16(6-4-14)20(24)25/h3-7,9,12,15H,2,8,10-11,13H2,1H3,(H,24,25)/t15-/m1/s1. The number of carbonyl (C=O) groups is 2. The number of pyridine rings is 1. The minimum absolute atomic E-state index is 0.0702. The Bertz CT molecular complexity index is 771. The zero-order valence-electron chi connectivity index (χ0n) is 14.3. The maximum Gasteiger partial charge on any atom is 0.335 e. The highest BCUT2D eigenvalue weighted by atomic mass is 16.4. The largest absolute Gasteiger partial charge is 0.478 e. The number of rotatable bonds is 5. The number of amides is 1. The van der Waals surface area contributed by atoms with Crippen molar-refractivity contribution in [2.24, 2.45) is 5.92 Å². The lowest BCUT2D eigenvalue weighted by molar-refractivity contribution is 0.0696. The van der Waals surface area contributed by atoms with Crippen molar-refractivity contribution in [1.29, 1.82) is 0 Å². The first-order chi connectivity index (χ1) is 12.1. The van der Waals surface area contributed by atoms with E-state index in [-0.39, 0.29) is 5.91 Å². The number of likely N-dealkylation sites (tertiary alicyclic amines) is 1. The average Bonchev–Trinajstić information content (AvgIpc) is 3.10. The van der Waals surface area contributed by atoms with Crippen molar-refractivity contribution >= 4 is 11.9 Å². The van der Waals surface area contributed by atoms with Crippen molar-refractivity contribution in [1.82, 2.24) is 9.88 Å². The Kier molecular flexibility index (Phi) is 5.12. The minimum atomic E-state index is -0.909. The molecule has 1 atom stereocenters. The average molecular weight is 338 g/mol. The summed E-state index contributed by atoms with van der Waals surface area (Å²) >= 11 is 0. The number of nitrogens with zero attached hydrogens (tertiary/aromatic N) is 2. The number of benzene rings is 1. The quantitative estimate of drug-likeness (QED) is 0.909. The van der Waals surface area contributed by atoms with Crippen LogP contribution in [-0.4, -0.2) is 40.0 Å². The first-order valence-electron chi connectivity index (χ1n) is 8.63. The summed E-state index contributed by atoms with van der Waals surface area (Å²) in [7, 11) is 0. The molecule has 0 bridgehead atoms. The molecule has 1 aromatic carbocycles. The van der Waals surface area contributed by atoms with Crippen LogP contribution in [0, 0.1) is 5.92 Å². The van der Waals surface area contributed by atoms with Crippen LogP contribution in [0.5, 0.6) is 0 Å². The SMILES string of the molecule is CCc1cc(C(=O)N2CC[C@H](Cc3ccc(C(=O)O)cc3)C2)ccn1. The van der Waals surface area contributed by atoms with Crippen molar-refractivity contribution < 1.29 is 14.7 Å². The summed E-state index contributed by atoms with van der Waals surface area (Å²) in [6.45, 7) is 3.53. The predicted octanol–water partition coefficient (Wildman–Crippen LogP) is 3.05. The summed E-state index contributed by atoms with van der Waals surface area (Å²) in [6, 6.07) is 10.7. The van der Waals surface area contributed by atoms with Gasteiger partial charge in [0.2, 0.25) is 0 Å². The van der Waals surface area contributed by atoms with E-state index in [1.54, 1.807) is 24.4 Å². The molecule has 1 N–H and O–H groups in total. The number of aromatic carboxylic acids is 1. The Balaban J connectivity index is 1.61. The number of hydrogen-bond donors (Lipinski definition) is 1. The molecule has 0 spiro atoms. The van der Waals surface area contributed by atoms with Gasteiger partial charge in [-0.25, -0.2) is 4.79 Å². The van der Waals surface area contributed by atoms with Gasteiger partial charge in [-0.05, 0) is 55.0 Å². The van der Waals surface area contributed by atoms with E-state index < -0.39 is 5.97 Å². The van der Waals surface area contributed by atoms with Gasteiger partial charge in [0.15, 0.2) is 0 Å². The Morgan fingerprint density at radius 3 is 2.64 bits per heavy atom. The zero-order valence-corrected chi connectivity index (χ0v) is 14.3. The van der Waals surface area contributed by atoms with Gasteiger partial charge >= 0.3 is 5.97 Å². The molecule has 2 aromatic rings. The van der Waals surface area contributed by atoms with Crippen LogP contribution in [0.3, 0.4) is 0 Å². The second kappa shape index (κ2) is 7.47. The third-order valence-electron chi connectivity index (χ3n) is 4.72. The molecule has 1 saturated heterocycles. The Morgan fingerprint density at radius 2 is 1.96 bits per heavy atom. The summed E-state index contributed by atoms with van der Waals surface area (Å²) in [4.78, 5) is 29.7. The molecule has 130 valence electrons. The molecule has 1 aliphatic rings. The van der Waals surface area contributed by atoms with Crippen molar-refractivity contribution in [3.63, 3.8) is 0 Å². The van der Waals surface area contributed by atoms with Gasteiger partial charge < -0.3 is 10.0 Å². The Morgan fingerprint density at radius 1 is 1.20 bits per heavy atom. The summed E-state index contributed by atoms with van der Waals surface area (Å²) in [5.74, 6) is -0.430. The fourth-order valence-corrected chi connectivity index (χ4v) is 3.29. The van der Waals surface area contributed by atoms with E-state index in [4.69, 9.17) is 5.11 Å². The van der Waals surface area contributed by atoms with Gasteiger partial charge in [-0.15, -0.1) is 0 Å². The lowest BCUT2D eigenvalue weighted by atomic mass is 9.98. The second-order valence-electron chi connectivity index (χ2n) is 6.50. The molecule has 0 saturated carbocycles. The van der Waals surface area contributed by atoms with Gasteiger partial charge in [-0.1, -0.05) is 19.1 Å².